The largest absolute Gasteiger partial charge is 0.298 e. The number of amides is 1. The van der Waals surface area contributed by atoms with Crippen LogP contribution in [0.5, 0.6) is 0 Å². The molecular weight excluding hydrogens is 292 g/mol. The van der Waals surface area contributed by atoms with Crippen molar-refractivity contribution in [1.82, 2.24) is 4.98 Å². The summed E-state index contributed by atoms with van der Waals surface area (Å²) in [6, 6.07) is 7.31. The Morgan fingerprint density at radius 3 is 2.80 bits per heavy atom. The number of thiazole rings is 1. The number of hydrogen-bond acceptors (Lipinski definition) is 3. The molecule has 1 fully saturated rings. The van der Waals surface area contributed by atoms with E-state index in [4.69, 9.17) is 11.6 Å². The first-order chi connectivity index (χ1) is 9.70. The van der Waals surface area contributed by atoms with Crippen molar-refractivity contribution >= 4 is 40.1 Å². The number of hydrogen-bond donors (Lipinski definition) is 1. The Hall–Kier alpha value is -1.65. The molecule has 0 unspecified atom stereocenters. The molecule has 1 aromatic carbocycles. The topological polar surface area (TPSA) is 42.0 Å². The summed E-state index contributed by atoms with van der Waals surface area (Å²) < 4.78 is 0. The van der Waals surface area contributed by atoms with Gasteiger partial charge in [-0.15, -0.1) is 11.3 Å². The first-order valence-electron chi connectivity index (χ1n) is 6.41. The molecule has 3 nitrogen and oxygen atoms in total. The van der Waals surface area contributed by atoms with Crippen LogP contribution in [-0.4, -0.2) is 10.9 Å². The molecule has 1 aliphatic carbocycles. The Balaban J connectivity index is 1.59. The highest BCUT2D eigenvalue weighted by molar-refractivity contribution is 7.14. The lowest BCUT2D eigenvalue weighted by atomic mass is 10.2. The number of nitrogens with one attached hydrogen (secondary N) is 1. The maximum absolute atomic E-state index is 11.8. The van der Waals surface area contributed by atoms with Crippen LogP contribution in [0.15, 0.2) is 35.7 Å². The van der Waals surface area contributed by atoms with E-state index in [0.29, 0.717) is 16.1 Å². The highest BCUT2D eigenvalue weighted by atomic mass is 35.5. The third-order valence-electron chi connectivity index (χ3n) is 3.04. The molecule has 20 heavy (non-hydrogen) atoms. The number of anilines is 1. The minimum absolute atomic E-state index is 0.170. The second kappa shape index (κ2) is 5.77. The van der Waals surface area contributed by atoms with Crippen LogP contribution >= 0.6 is 22.9 Å². The van der Waals surface area contributed by atoms with Crippen molar-refractivity contribution in [1.29, 1.82) is 0 Å². The molecule has 0 spiro atoms. The lowest BCUT2D eigenvalue weighted by molar-refractivity contribution is -0.111. The fourth-order valence-corrected chi connectivity index (χ4v) is 2.72. The van der Waals surface area contributed by atoms with Crippen LogP contribution < -0.4 is 5.32 Å². The van der Waals surface area contributed by atoms with Gasteiger partial charge in [-0.25, -0.2) is 4.98 Å². The summed E-state index contributed by atoms with van der Waals surface area (Å²) in [5.41, 5.74) is 2.04. The van der Waals surface area contributed by atoms with E-state index < -0.39 is 0 Å². The van der Waals surface area contributed by atoms with Crippen molar-refractivity contribution in [3.63, 3.8) is 0 Å². The smallest absolute Gasteiger partial charge is 0.250 e. The molecule has 0 aliphatic heterocycles. The summed E-state index contributed by atoms with van der Waals surface area (Å²) in [6.07, 6.45) is 5.68. The van der Waals surface area contributed by atoms with E-state index in [0.717, 1.165) is 11.3 Å². The molecule has 1 saturated carbocycles. The molecule has 1 heterocycles. The van der Waals surface area contributed by atoms with Gasteiger partial charge in [-0.3, -0.25) is 10.1 Å². The number of halogens is 1. The fourth-order valence-electron chi connectivity index (χ4n) is 1.80. The molecule has 0 atom stereocenters. The Labute approximate surface area is 126 Å². The summed E-state index contributed by atoms with van der Waals surface area (Å²) in [5.74, 6) is 0.443. The summed E-state index contributed by atoms with van der Waals surface area (Å²) in [5, 5.41) is 6.15. The lowest BCUT2D eigenvalue weighted by Gasteiger charge is -1.96. The van der Waals surface area contributed by atoms with E-state index in [1.807, 2.05) is 17.5 Å². The molecule has 0 bridgehead atoms. The number of aromatic nitrogens is 1. The average Bonchev–Trinajstić information content (AvgIpc) is 3.19. The number of nitrogens with zero attached hydrogens (tertiary/aromatic N) is 1. The van der Waals surface area contributed by atoms with Crippen molar-refractivity contribution < 1.29 is 4.79 Å². The van der Waals surface area contributed by atoms with Gasteiger partial charge in [0.05, 0.1) is 5.69 Å². The quantitative estimate of drug-likeness (QED) is 0.854. The summed E-state index contributed by atoms with van der Waals surface area (Å²) >= 11 is 7.28. The van der Waals surface area contributed by atoms with Gasteiger partial charge in [-0.05, 0) is 36.6 Å². The fraction of sp³-hybridized carbons (Fsp3) is 0.200. The van der Waals surface area contributed by atoms with E-state index in [2.05, 4.69) is 10.3 Å². The van der Waals surface area contributed by atoms with Crippen molar-refractivity contribution in [2.24, 2.45) is 0 Å². The molecule has 3 rings (SSSR count). The predicted octanol–water partition coefficient (Wildman–Crippen LogP) is 4.33. The van der Waals surface area contributed by atoms with Gasteiger partial charge in [0.2, 0.25) is 5.91 Å². The minimum atomic E-state index is -0.170. The van der Waals surface area contributed by atoms with Gasteiger partial charge in [-0.2, -0.15) is 0 Å². The number of rotatable bonds is 4. The molecular formula is C15H13ClN2OS. The second-order valence-electron chi connectivity index (χ2n) is 4.73. The van der Waals surface area contributed by atoms with Gasteiger partial charge in [0, 0.05) is 22.4 Å². The van der Waals surface area contributed by atoms with E-state index in [9.17, 15) is 4.79 Å². The van der Waals surface area contributed by atoms with Gasteiger partial charge < -0.3 is 0 Å². The van der Waals surface area contributed by atoms with Crippen LogP contribution in [0.4, 0.5) is 5.13 Å². The molecule has 102 valence electrons. The molecule has 1 N–H and O–H groups in total. The Morgan fingerprint density at radius 2 is 2.10 bits per heavy atom. The maximum atomic E-state index is 11.8. The highest BCUT2D eigenvalue weighted by Gasteiger charge is 2.26. The summed E-state index contributed by atoms with van der Waals surface area (Å²) in [6.45, 7) is 0. The zero-order valence-corrected chi connectivity index (χ0v) is 12.2. The van der Waals surface area contributed by atoms with Crippen LogP contribution in [0.1, 0.15) is 30.0 Å². The summed E-state index contributed by atoms with van der Waals surface area (Å²) in [4.78, 5) is 16.2. The predicted molar refractivity (Wildman–Crippen MR) is 83.2 cm³/mol. The van der Waals surface area contributed by atoms with Gasteiger partial charge in [0.1, 0.15) is 0 Å². The monoisotopic (exact) mass is 304 g/mol. The van der Waals surface area contributed by atoms with Crippen LogP contribution in [0.3, 0.4) is 0 Å². The van der Waals surface area contributed by atoms with E-state index >= 15 is 0 Å². The Bertz CT molecular complexity index is 644. The molecule has 2 aromatic rings. The molecule has 1 aromatic heterocycles. The highest BCUT2D eigenvalue weighted by Crippen LogP contribution is 2.40. The van der Waals surface area contributed by atoms with E-state index in [1.54, 1.807) is 18.2 Å². The third kappa shape index (κ3) is 3.46. The van der Waals surface area contributed by atoms with Crippen molar-refractivity contribution in [3.05, 3.63) is 52.0 Å². The first-order valence-corrected chi connectivity index (χ1v) is 7.66. The third-order valence-corrected chi connectivity index (χ3v) is 4.07. The minimum Gasteiger partial charge on any atom is -0.298 e. The Kier molecular flexibility index (Phi) is 3.85. The molecule has 5 heteroatoms. The zero-order chi connectivity index (χ0) is 13.9. The van der Waals surface area contributed by atoms with Crippen LogP contribution in [0.2, 0.25) is 5.02 Å². The lowest BCUT2D eigenvalue weighted by Crippen LogP contribution is -2.07. The van der Waals surface area contributed by atoms with E-state index in [-0.39, 0.29) is 5.91 Å². The van der Waals surface area contributed by atoms with Gasteiger partial charge in [0.15, 0.2) is 5.13 Å². The SMILES string of the molecule is O=C(/C=C/c1ccc(Cl)cc1)Nc1nc(C2CC2)cs1. The summed E-state index contributed by atoms with van der Waals surface area (Å²) in [7, 11) is 0. The molecule has 1 amide bonds. The average molecular weight is 305 g/mol. The molecule has 0 saturated heterocycles. The standard InChI is InChI=1S/C15H13ClN2OS/c16-12-6-1-10(2-7-12)3-8-14(19)18-15-17-13(9-20-15)11-4-5-11/h1-3,6-9,11H,4-5H2,(H,17,18,19)/b8-3+. The van der Waals surface area contributed by atoms with Gasteiger partial charge in [-0.1, -0.05) is 23.7 Å². The van der Waals surface area contributed by atoms with Crippen LogP contribution in [0, 0.1) is 0 Å². The van der Waals surface area contributed by atoms with Gasteiger partial charge in [0.25, 0.3) is 0 Å². The number of carbonyl (C=O) groups is 1. The van der Waals surface area contributed by atoms with Gasteiger partial charge >= 0.3 is 0 Å². The normalized spacial score (nSPS) is 14.7. The molecule has 0 radical (unpaired) electrons. The second-order valence-corrected chi connectivity index (χ2v) is 6.02. The van der Waals surface area contributed by atoms with Crippen LogP contribution in [0.25, 0.3) is 6.08 Å². The first kappa shape index (κ1) is 13.3. The van der Waals surface area contributed by atoms with E-state index in [1.165, 1.54) is 30.3 Å². The number of carbonyl (C=O) groups excluding carboxylic acids is 1. The zero-order valence-electron chi connectivity index (χ0n) is 10.7. The van der Waals surface area contributed by atoms with Crippen molar-refractivity contribution in [2.45, 2.75) is 18.8 Å². The molecule has 1 aliphatic rings. The Morgan fingerprint density at radius 1 is 1.35 bits per heavy atom. The maximum Gasteiger partial charge on any atom is 0.250 e. The van der Waals surface area contributed by atoms with Crippen molar-refractivity contribution in [2.75, 3.05) is 5.32 Å². The van der Waals surface area contributed by atoms with Crippen molar-refractivity contribution in [3.8, 4) is 0 Å². The van der Waals surface area contributed by atoms with Crippen LogP contribution in [-0.2, 0) is 4.79 Å². The number of benzene rings is 1.